The Balaban J connectivity index is 1.80. The van der Waals surface area contributed by atoms with Crippen LogP contribution in [0.4, 0.5) is 0 Å². The molecule has 7 nitrogen and oxygen atoms in total. The molecule has 0 saturated heterocycles. The number of carboxylic acids is 1. The molecular formula is C22H23NO6. The number of methoxy groups -OCH3 is 2. The average Bonchev–Trinajstić information content (AvgIpc) is 3.46. The third-order valence-electron chi connectivity index (χ3n) is 5.89. The normalized spacial score (nSPS) is 17.1. The maximum absolute atomic E-state index is 11.9. The Kier molecular flexibility index (Phi) is 4.61. The zero-order chi connectivity index (χ0) is 20.8. The summed E-state index contributed by atoms with van der Waals surface area (Å²) in [6, 6.07) is 9.22. The molecule has 1 atom stereocenters. The van der Waals surface area contributed by atoms with E-state index in [4.69, 9.17) is 14.2 Å². The Bertz CT molecular complexity index is 995. The minimum Gasteiger partial charge on any atom is -0.493 e. The summed E-state index contributed by atoms with van der Waals surface area (Å²) in [7, 11) is 3.06. The van der Waals surface area contributed by atoms with Crippen molar-refractivity contribution in [3.05, 3.63) is 41.5 Å². The van der Waals surface area contributed by atoms with Gasteiger partial charge in [-0.25, -0.2) is 0 Å². The summed E-state index contributed by atoms with van der Waals surface area (Å²) in [6.07, 6.45) is 0.618. The smallest absolute Gasteiger partial charge is 0.313 e. The van der Waals surface area contributed by atoms with Gasteiger partial charge in [-0.05, 0) is 55.2 Å². The first kappa shape index (κ1) is 19.1. The van der Waals surface area contributed by atoms with Gasteiger partial charge in [0.25, 0.3) is 5.91 Å². The summed E-state index contributed by atoms with van der Waals surface area (Å²) >= 11 is 0. The number of aliphatic carboxylic acids is 1. The molecule has 1 saturated carbocycles. The van der Waals surface area contributed by atoms with E-state index in [0.29, 0.717) is 42.2 Å². The SMILES string of the molecule is COc1ccc(-c2ccc3c(c2)CNC3=O)c(OC(C)C2(C(=O)O)CC2)c1OC. The minimum absolute atomic E-state index is 0.0823. The van der Waals surface area contributed by atoms with Crippen molar-refractivity contribution in [2.24, 2.45) is 5.41 Å². The van der Waals surface area contributed by atoms with Crippen molar-refractivity contribution < 1.29 is 28.9 Å². The number of nitrogens with one attached hydrogen (secondary N) is 1. The number of hydrogen-bond donors (Lipinski definition) is 2. The molecule has 0 bridgehead atoms. The van der Waals surface area contributed by atoms with Crippen molar-refractivity contribution in [1.29, 1.82) is 0 Å². The van der Waals surface area contributed by atoms with Crippen molar-refractivity contribution in [2.45, 2.75) is 32.4 Å². The lowest BCUT2D eigenvalue weighted by atomic mass is 9.98. The van der Waals surface area contributed by atoms with Crippen LogP contribution in [0.1, 0.15) is 35.7 Å². The van der Waals surface area contributed by atoms with Crippen LogP contribution in [-0.2, 0) is 11.3 Å². The highest BCUT2D eigenvalue weighted by Gasteiger charge is 2.56. The van der Waals surface area contributed by atoms with Crippen LogP contribution in [0.25, 0.3) is 11.1 Å². The van der Waals surface area contributed by atoms with Gasteiger partial charge in [-0.1, -0.05) is 6.07 Å². The third-order valence-corrected chi connectivity index (χ3v) is 5.89. The molecule has 2 aliphatic rings. The molecule has 2 aromatic carbocycles. The van der Waals surface area contributed by atoms with Gasteiger partial charge in [0.15, 0.2) is 11.5 Å². The lowest BCUT2D eigenvalue weighted by Crippen LogP contribution is -2.32. The van der Waals surface area contributed by atoms with Gasteiger partial charge >= 0.3 is 5.97 Å². The van der Waals surface area contributed by atoms with E-state index in [0.717, 1.165) is 16.7 Å². The van der Waals surface area contributed by atoms with Crippen molar-refractivity contribution >= 4 is 11.9 Å². The number of rotatable bonds is 7. The molecule has 0 aromatic heterocycles. The molecule has 4 rings (SSSR count). The molecule has 1 unspecified atom stereocenters. The van der Waals surface area contributed by atoms with Crippen LogP contribution in [0.2, 0.25) is 0 Å². The Morgan fingerprint density at radius 2 is 1.83 bits per heavy atom. The predicted molar refractivity (Wildman–Crippen MR) is 106 cm³/mol. The number of carboxylic acid groups (broad SMARTS) is 1. The molecule has 1 aliphatic heterocycles. The molecule has 152 valence electrons. The largest absolute Gasteiger partial charge is 0.493 e. The lowest BCUT2D eigenvalue weighted by molar-refractivity contribution is -0.146. The lowest BCUT2D eigenvalue weighted by Gasteiger charge is -2.25. The van der Waals surface area contributed by atoms with E-state index in [1.807, 2.05) is 18.2 Å². The molecule has 0 spiro atoms. The first-order chi connectivity index (χ1) is 13.9. The quantitative estimate of drug-likeness (QED) is 0.745. The zero-order valence-corrected chi connectivity index (χ0v) is 16.6. The van der Waals surface area contributed by atoms with Gasteiger partial charge < -0.3 is 24.6 Å². The molecule has 29 heavy (non-hydrogen) atoms. The number of ether oxygens (including phenoxy) is 3. The first-order valence-electron chi connectivity index (χ1n) is 9.48. The fourth-order valence-corrected chi connectivity index (χ4v) is 3.86. The van der Waals surface area contributed by atoms with E-state index >= 15 is 0 Å². The topological polar surface area (TPSA) is 94.1 Å². The highest BCUT2D eigenvalue weighted by atomic mass is 16.5. The fraction of sp³-hybridized carbons (Fsp3) is 0.364. The fourth-order valence-electron chi connectivity index (χ4n) is 3.86. The monoisotopic (exact) mass is 397 g/mol. The van der Waals surface area contributed by atoms with Crippen molar-refractivity contribution in [1.82, 2.24) is 5.32 Å². The van der Waals surface area contributed by atoms with Gasteiger partial charge in [-0.2, -0.15) is 0 Å². The molecule has 1 fully saturated rings. The standard InChI is InChI=1S/C22H23NO6/c1-12(22(8-9-22)21(25)26)29-18-15(6-7-17(27-2)19(18)28-3)13-4-5-16-14(10-13)11-23-20(16)24/h4-7,10,12H,8-9,11H2,1-3H3,(H,23,24)(H,25,26). The van der Waals surface area contributed by atoms with Gasteiger partial charge in [-0.3, -0.25) is 9.59 Å². The highest BCUT2D eigenvalue weighted by Crippen LogP contribution is 2.52. The molecule has 2 N–H and O–H groups in total. The van der Waals surface area contributed by atoms with E-state index < -0.39 is 17.5 Å². The number of carbonyl (C=O) groups is 2. The Hall–Kier alpha value is -3.22. The Morgan fingerprint density at radius 3 is 2.45 bits per heavy atom. The average molecular weight is 397 g/mol. The van der Waals surface area contributed by atoms with Crippen molar-refractivity contribution in [3.8, 4) is 28.4 Å². The zero-order valence-electron chi connectivity index (χ0n) is 16.6. The maximum atomic E-state index is 11.9. The van der Waals surface area contributed by atoms with Gasteiger partial charge in [0.1, 0.15) is 11.5 Å². The number of hydrogen-bond acceptors (Lipinski definition) is 5. The minimum atomic E-state index is -0.875. The molecule has 1 amide bonds. The van der Waals surface area contributed by atoms with Crippen LogP contribution in [-0.4, -0.2) is 37.3 Å². The van der Waals surface area contributed by atoms with Crippen molar-refractivity contribution in [3.63, 3.8) is 0 Å². The van der Waals surface area contributed by atoms with Crippen LogP contribution >= 0.6 is 0 Å². The second kappa shape index (κ2) is 6.99. The van der Waals surface area contributed by atoms with Crippen LogP contribution < -0.4 is 19.5 Å². The number of amides is 1. The number of carbonyl (C=O) groups excluding carboxylic acids is 1. The number of fused-ring (bicyclic) bond motifs is 1. The van der Waals surface area contributed by atoms with E-state index in [9.17, 15) is 14.7 Å². The van der Waals surface area contributed by atoms with Gasteiger partial charge in [0, 0.05) is 17.7 Å². The van der Waals surface area contributed by atoms with Gasteiger partial charge in [0.05, 0.1) is 14.2 Å². The first-order valence-corrected chi connectivity index (χ1v) is 9.48. The molecule has 7 heteroatoms. The van der Waals surface area contributed by atoms with Crippen LogP contribution in [0.15, 0.2) is 30.3 Å². The van der Waals surface area contributed by atoms with E-state index in [1.54, 1.807) is 19.1 Å². The molecule has 1 heterocycles. The molecule has 2 aromatic rings. The summed E-state index contributed by atoms with van der Waals surface area (Å²) in [6.45, 7) is 2.25. The Morgan fingerprint density at radius 1 is 1.10 bits per heavy atom. The Labute approximate surface area is 168 Å². The second-order valence-electron chi connectivity index (χ2n) is 7.45. The van der Waals surface area contributed by atoms with E-state index in [-0.39, 0.29) is 5.91 Å². The van der Waals surface area contributed by atoms with Gasteiger partial charge in [-0.15, -0.1) is 0 Å². The molecule has 0 radical (unpaired) electrons. The maximum Gasteiger partial charge on any atom is 0.313 e. The number of benzene rings is 2. The summed E-state index contributed by atoms with van der Waals surface area (Å²) in [5.74, 6) is 0.407. The molecule has 1 aliphatic carbocycles. The summed E-state index contributed by atoms with van der Waals surface area (Å²) < 4.78 is 17.2. The third kappa shape index (κ3) is 3.06. The van der Waals surface area contributed by atoms with E-state index in [1.165, 1.54) is 14.2 Å². The molecular weight excluding hydrogens is 374 g/mol. The summed E-state index contributed by atoms with van der Waals surface area (Å²) in [5, 5.41) is 12.4. The van der Waals surface area contributed by atoms with Crippen LogP contribution in [0.5, 0.6) is 17.2 Å². The van der Waals surface area contributed by atoms with Crippen LogP contribution in [0, 0.1) is 5.41 Å². The highest BCUT2D eigenvalue weighted by molar-refractivity contribution is 5.99. The van der Waals surface area contributed by atoms with Crippen LogP contribution in [0.3, 0.4) is 0 Å². The van der Waals surface area contributed by atoms with E-state index in [2.05, 4.69) is 5.32 Å². The summed E-state index contributed by atoms with van der Waals surface area (Å²) in [4.78, 5) is 23.6. The second-order valence-corrected chi connectivity index (χ2v) is 7.45. The predicted octanol–water partition coefficient (Wildman–Crippen LogP) is 3.25. The van der Waals surface area contributed by atoms with Crippen molar-refractivity contribution in [2.75, 3.05) is 14.2 Å². The van der Waals surface area contributed by atoms with Gasteiger partial charge in [0.2, 0.25) is 5.75 Å². The summed E-state index contributed by atoms with van der Waals surface area (Å²) in [5.41, 5.74) is 2.29.